The number of rotatable bonds is 5. The normalized spacial score (nSPS) is 17.9. The van der Waals surface area contributed by atoms with Gasteiger partial charge in [-0.3, -0.25) is 4.79 Å². The zero-order chi connectivity index (χ0) is 15.9. The molecule has 6 heteroatoms. The molecule has 1 amide bonds. The first-order valence-corrected chi connectivity index (χ1v) is 7.74. The van der Waals surface area contributed by atoms with Crippen molar-refractivity contribution in [2.45, 2.75) is 19.8 Å². The van der Waals surface area contributed by atoms with Crippen LogP contribution in [0, 0.1) is 5.92 Å². The molecule has 5 nitrogen and oxygen atoms in total. The zero-order valence-electron chi connectivity index (χ0n) is 12.6. The number of esters is 1. The molecular weight excluding hydrogens is 306 g/mol. The predicted molar refractivity (Wildman–Crippen MR) is 82.9 cm³/mol. The minimum atomic E-state index is -0.562. The number of likely N-dealkylation sites (tertiary alicyclic amines) is 1. The van der Waals surface area contributed by atoms with E-state index in [0.717, 1.165) is 25.9 Å². The summed E-state index contributed by atoms with van der Waals surface area (Å²) in [5.74, 6) is 0.318. The average molecular weight is 326 g/mol. The number of hydrogen-bond acceptors (Lipinski definition) is 4. The van der Waals surface area contributed by atoms with Crippen LogP contribution in [0.5, 0.6) is 5.75 Å². The lowest BCUT2D eigenvalue weighted by molar-refractivity contribution is -0.154. The summed E-state index contributed by atoms with van der Waals surface area (Å²) in [6.45, 7) is 3.13. The van der Waals surface area contributed by atoms with Crippen molar-refractivity contribution in [3.63, 3.8) is 0 Å². The Morgan fingerprint density at radius 1 is 1.27 bits per heavy atom. The van der Waals surface area contributed by atoms with Gasteiger partial charge in [0.1, 0.15) is 5.75 Å². The fourth-order valence-electron chi connectivity index (χ4n) is 2.36. The van der Waals surface area contributed by atoms with Gasteiger partial charge >= 0.3 is 5.97 Å². The Kier molecular flexibility index (Phi) is 6.07. The summed E-state index contributed by atoms with van der Waals surface area (Å²) in [6.07, 6.45) is 2.14. The molecule has 1 aromatic carbocycles. The molecule has 1 fully saturated rings. The number of amides is 1. The number of halogens is 1. The Morgan fingerprint density at radius 2 is 2.00 bits per heavy atom. The second-order valence-corrected chi connectivity index (χ2v) is 5.93. The molecule has 1 atom stereocenters. The minimum absolute atomic E-state index is 0.147. The molecule has 1 aromatic rings. The van der Waals surface area contributed by atoms with Gasteiger partial charge in [-0.05, 0) is 43.0 Å². The molecule has 0 saturated carbocycles. The largest absolute Gasteiger partial charge is 0.482 e. The molecule has 0 spiro atoms. The van der Waals surface area contributed by atoms with Gasteiger partial charge in [0.25, 0.3) is 5.91 Å². The first kappa shape index (κ1) is 16.6. The van der Waals surface area contributed by atoms with Crippen LogP contribution in [0.15, 0.2) is 24.3 Å². The van der Waals surface area contributed by atoms with Crippen LogP contribution in [-0.4, -0.2) is 43.1 Å². The molecule has 1 aliphatic rings. The van der Waals surface area contributed by atoms with Crippen LogP contribution in [0.1, 0.15) is 19.8 Å². The highest BCUT2D eigenvalue weighted by molar-refractivity contribution is 6.30. The van der Waals surface area contributed by atoms with Gasteiger partial charge in [0, 0.05) is 18.1 Å². The van der Waals surface area contributed by atoms with Crippen molar-refractivity contribution in [2.75, 3.05) is 26.3 Å². The first-order chi connectivity index (χ1) is 10.5. The van der Waals surface area contributed by atoms with Gasteiger partial charge in [0.2, 0.25) is 0 Å². The third-order valence-corrected chi connectivity index (χ3v) is 3.79. The molecule has 1 saturated heterocycles. The van der Waals surface area contributed by atoms with Crippen LogP contribution >= 0.6 is 11.6 Å². The van der Waals surface area contributed by atoms with Crippen molar-refractivity contribution in [3.05, 3.63) is 29.3 Å². The second kappa shape index (κ2) is 8.03. The molecule has 22 heavy (non-hydrogen) atoms. The first-order valence-electron chi connectivity index (χ1n) is 7.36. The minimum Gasteiger partial charge on any atom is -0.482 e. The van der Waals surface area contributed by atoms with Crippen LogP contribution in [0.25, 0.3) is 0 Å². The maximum Gasteiger partial charge on any atom is 0.344 e. The van der Waals surface area contributed by atoms with Crippen LogP contribution < -0.4 is 4.74 Å². The lowest BCUT2D eigenvalue weighted by Crippen LogP contribution is -2.41. The van der Waals surface area contributed by atoms with Gasteiger partial charge in [-0.1, -0.05) is 18.5 Å². The number of carbonyl (C=O) groups is 2. The predicted octanol–water partition coefficient (Wildman–Crippen LogP) is 2.52. The van der Waals surface area contributed by atoms with E-state index in [-0.39, 0.29) is 19.1 Å². The Labute approximate surface area is 135 Å². The highest BCUT2D eigenvalue weighted by atomic mass is 35.5. The number of ether oxygens (including phenoxy) is 2. The number of hydrogen-bond donors (Lipinski definition) is 0. The van der Waals surface area contributed by atoms with Gasteiger partial charge in [0.15, 0.2) is 13.2 Å². The summed E-state index contributed by atoms with van der Waals surface area (Å²) < 4.78 is 10.2. The van der Waals surface area contributed by atoms with E-state index in [1.165, 1.54) is 0 Å². The summed E-state index contributed by atoms with van der Waals surface area (Å²) in [7, 11) is 0. The number of piperidine rings is 1. The summed E-state index contributed by atoms with van der Waals surface area (Å²) in [5, 5.41) is 0.594. The Morgan fingerprint density at radius 3 is 2.68 bits per heavy atom. The molecule has 0 aliphatic carbocycles. The van der Waals surface area contributed by atoms with Gasteiger partial charge in [0.05, 0.1) is 0 Å². The smallest absolute Gasteiger partial charge is 0.344 e. The van der Waals surface area contributed by atoms with E-state index in [2.05, 4.69) is 6.92 Å². The molecule has 120 valence electrons. The van der Waals surface area contributed by atoms with Crippen molar-refractivity contribution in [2.24, 2.45) is 5.92 Å². The third-order valence-electron chi connectivity index (χ3n) is 3.54. The number of carbonyl (C=O) groups excluding carboxylic acids is 2. The third kappa shape index (κ3) is 5.22. The molecule has 2 rings (SSSR count). The average Bonchev–Trinajstić information content (AvgIpc) is 2.52. The second-order valence-electron chi connectivity index (χ2n) is 5.49. The van der Waals surface area contributed by atoms with Gasteiger partial charge in [-0.2, -0.15) is 0 Å². The van der Waals surface area contributed by atoms with E-state index in [4.69, 9.17) is 21.1 Å². The van der Waals surface area contributed by atoms with Gasteiger partial charge < -0.3 is 14.4 Å². The van der Waals surface area contributed by atoms with E-state index >= 15 is 0 Å². The summed E-state index contributed by atoms with van der Waals surface area (Å²) >= 11 is 5.75. The van der Waals surface area contributed by atoms with Crippen LogP contribution in [-0.2, 0) is 14.3 Å². The van der Waals surface area contributed by atoms with Crippen molar-refractivity contribution in [1.29, 1.82) is 0 Å². The summed E-state index contributed by atoms with van der Waals surface area (Å²) in [4.78, 5) is 25.3. The van der Waals surface area contributed by atoms with Gasteiger partial charge in [-0.25, -0.2) is 4.79 Å². The Bertz CT molecular complexity index is 517. The highest BCUT2D eigenvalue weighted by Gasteiger charge is 2.21. The van der Waals surface area contributed by atoms with E-state index in [0.29, 0.717) is 16.7 Å². The molecule has 0 aromatic heterocycles. The Hall–Kier alpha value is -1.75. The number of benzene rings is 1. The molecule has 1 aliphatic heterocycles. The molecule has 0 bridgehead atoms. The summed E-state index contributed by atoms with van der Waals surface area (Å²) in [6, 6.07) is 6.66. The SMILES string of the molecule is C[C@@H]1CCCN(C(=O)COC(=O)COc2ccc(Cl)cc2)C1. The highest BCUT2D eigenvalue weighted by Crippen LogP contribution is 2.16. The fourth-order valence-corrected chi connectivity index (χ4v) is 2.49. The Balaban J connectivity index is 1.68. The maximum absolute atomic E-state index is 12.0. The number of nitrogens with zero attached hydrogens (tertiary/aromatic N) is 1. The molecule has 1 heterocycles. The molecule has 0 unspecified atom stereocenters. The van der Waals surface area contributed by atoms with Crippen molar-refractivity contribution < 1.29 is 19.1 Å². The lowest BCUT2D eigenvalue weighted by atomic mass is 10.0. The quantitative estimate of drug-likeness (QED) is 0.781. The van der Waals surface area contributed by atoms with Crippen molar-refractivity contribution >= 4 is 23.5 Å². The topological polar surface area (TPSA) is 55.8 Å². The van der Waals surface area contributed by atoms with Crippen molar-refractivity contribution in [1.82, 2.24) is 4.90 Å². The van der Waals surface area contributed by atoms with E-state index < -0.39 is 5.97 Å². The molecule has 0 N–H and O–H groups in total. The van der Waals surface area contributed by atoms with E-state index in [9.17, 15) is 9.59 Å². The maximum atomic E-state index is 12.0. The molecular formula is C16H20ClNO4. The van der Waals surface area contributed by atoms with Crippen LogP contribution in [0.4, 0.5) is 0 Å². The van der Waals surface area contributed by atoms with Gasteiger partial charge in [-0.15, -0.1) is 0 Å². The monoisotopic (exact) mass is 325 g/mol. The standard InChI is InChI=1S/C16H20ClNO4/c1-12-3-2-8-18(9-12)15(19)10-22-16(20)11-21-14-6-4-13(17)5-7-14/h4-7,12H,2-3,8-11H2,1H3/t12-/m1/s1. The zero-order valence-corrected chi connectivity index (χ0v) is 13.3. The summed E-state index contributed by atoms with van der Waals surface area (Å²) in [5.41, 5.74) is 0. The van der Waals surface area contributed by atoms with E-state index in [1.54, 1.807) is 29.2 Å². The van der Waals surface area contributed by atoms with Crippen LogP contribution in [0.3, 0.4) is 0 Å². The van der Waals surface area contributed by atoms with E-state index in [1.807, 2.05) is 0 Å². The van der Waals surface area contributed by atoms with Crippen molar-refractivity contribution in [3.8, 4) is 5.75 Å². The lowest BCUT2D eigenvalue weighted by Gasteiger charge is -2.30. The molecule has 0 radical (unpaired) electrons. The van der Waals surface area contributed by atoms with Crippen LogP contribution in [0.2, 0.25) is 5.02 Å². The fraction of sp³-hybridized carbons (Fsp3) is 0.500.